The lowest BCUT2D eigenvalue weighted by Crippen LogP contribution is -2.29. The summed E-state index contributed by atoms with van der Waals surface area (Å²) >= 11 is 6.03. The molecule has 9 heteroatoms. The van der Waals surface area contributed by atoms with Crippen LogP contribution < -0.4 is 0 Å². The van der Waals surface area contributed by atoms with E-state index >= 15 is 0 Å². The smallest absolute Gasteiger partial charge is 0.278 e. The van der Waals surface area contributed by atoms with Gasteiger partial charge in [0.2, 0.25) is 0 Å². The SMILES string of the molecule is O=NC(C1=Nc2ccc(Cl)cc2C(c2ccccc2F)=NC1)[N+](=O)[O-]. The van der Waals surface area contributed by atoms with Crippen LogP contribution in [0, 0.1) is 20.8 Å². The first-order valence-corrected chi connectivity index (χ1v) is 7.51. The molecule has 0 aliphatic carbocycles. The fourth-order valence-electron chi connectivity index (χ4n) is 2.47. The molecule has 3 rings (SSSR count). The van der Waals surface area contributed by atoms with E-state index in [1.165, 1.54) is 24.3 Å². The number of hydrogen-bond donors (Lipinski definition) is 0. The van der Waals surface area contributed by atoms with Crippen LogP contribution in [0.15, 0.2) is 57.6 Å². The lowest BCUT2D eigenvalue weighted by Gasteiger charge is -2.09. The number of rotatable bonds is 4. The molecule has 2 aromatic rings. The predicted octanol–water partition coefficient (Wildman–Crippen LogP) is 3.77. The molecule has 0 amide bonds. The lowest BCUT2D eigenvalue weighted by molar-refractivity contribution is -0.501. The second kappa shape index (κ2) is 6.86. The highest BCUT2D eigenvalue weighted by Crippen LogP contribution is 2.29. The summed E-state index contributed by atoms with van der Waals surface area (Å²) in [6.45, 7) is -0.257. The molecule has 2 aromatic carbocycles. The molecule has 0 saturated carbocycles. The van der Waals surface area contributed by atoms with E-state index in [0.29, 0.717) is 16.3 Å². The van der Waals surface area contributed by atoms with Gasteiger partial charge in [0.05, 0.1) is 22.9 Å². The van der Waals surface area contributed by atoms with Crippen LogP contribution in [0.5, 0.6) is 0 Å². The van der Waals surface area contributed by atoms with Gasteiger partial charge in [-0.1, -0.05) is 23.7 Å². The number of nitrogens with zero attached hydrogens (tertiary/aromatic N) is 4. The minimum atomic E-state index is -1.85. The zero-order valence-electron chi connectivity index (χ0n) is 12.6. The molecule has 0 radical (unpaired) electrons. The summed E-state index contributed by atoms with van der Waals surface area (Å²) in [6, 6.07) is 10.6. The number of aliphatic imine (C=N–C) groups is 2. The Kier molecular flexibility index (Phi) is 4.62. The van der Waals surface area contributed by atoms with Gasteiger partial charge >= 0.3 is 6.17 Å². The first-order valence-electron chi connectivity index (χ1n) is 7.14. The zero-order valence-corrected chi connectivity index (χ0v) is 13.4. The minimum Gasteiger partial charge on any atom is -0.278 e. The van der Waals surface area contributed by atoms with Crippen molar-refractivity contribution in [3.05, 3.63) is 79.5 Å². The molecule has 1 atom stereocenters. The summed E-state index contributed by atoms with van der Waals surface area (Å²) in [5.74, 6) is -0.505. The van der Waals surface area contributed by atoms with Gasteiger partial charge in [0.15, 0.2) is 0 Å². The fourth-order valence-corrected chi connectivity index (χ4v) is 2.65. The molecule has 126 valence electrons. The first-order chi connectivity index (χ1) is 12.0. The van der Waals surface area contributed by atoms with Crippen molar-refractivity contribution in [1.82, 2.24) is 0 Å². The van der Waals surface area contributed by atoms with Crippen molar-refractivity contribution in [2.75, 3.05) is 6.54 Å². The van der Waals surface area contributed by atoms with Gasteiger partial charge in [-0.3, -0.25) is 15.1 Å². The van der Waals surface area contributed by atoms with Crippen LogP contribution in [0.25, 0.3) is 0 Å². The molecule has 0 spiro atoms. The quantitative estimate of drug-likeness (QED) is 0.471. The minimum absolute atomic E-state index is 0.130. The van der Waals surface area contributed by atoms with Crippen LogP contribution in [0.2, 0.25) is 5.02 Å². The van der Waals surface area contributed by atoms with Crippen molar-refractivity contribution in [1.29, 1.82) is 0 Å². The fraction of sp³-hybridized carbons (Fsp3) is 0.125. The van der Waals surface area contributed by atoms with Crippen molar-refractivity contribution in [2.24, 2.45) is 15.2 Å². The number of hydrogen-bond acceptors (Lipinski definition) is 6. The molecule has 1 aliphatic heterocycles. The van der Waals surface area contributed by atoms with Crippen LogP contribution in [0.4, 0.5) is 10.1 Å². The maximum absolute atomic E-state index is 14.2. The molecule has 1 heterocycles. The summed E-state index contributed by atoms with van der Waals surface area (Å²) in [7, 11) is 0. The third kappa shape index (κ3) is 3.29. The molecule has 7 nitrogen and oxygen atoms in total. The summed E-state index contributed by atoms with van der Waals surface area (Å²) in [6.07, 6.45) is -1.85. The highest BCUT2D eigenvalue weighted by molar-refractivity contribution is 6.31. The molecule has 0 N–H and O–H groups in total. The van der Waals surface area contributed by atoms with E-state index in [1.54, 1.807) is 18.2 Å². The average Bonchev–Trinajstić information content (AvgIpc) is 2.75. The van der Waals surface area contributed by atoms with E-state index in [2.05, 4.69) is 15.2 Å². The van der Waals surface area contributed by atoms with E-state index in [4.69, 9.17) is 11.6 Å². The van der Waals surface area contributed by atoms with Gasteiger partial charge in [0.25, 0.3) is 0 Å². The van der Waals surface area contributed by atoms with E-state index < -0.39 is 16.9 Å². The van der Waals surface area contributed by atoms with Gasteiger partial charge < -0.3 is 0 Å². The molecular weight excluding hydrogens is 351 g/mol. The summed E-state index contributed by atoms with van der Waals surface area (Å²) in [5.41, 5.74) is 1.05. The Bertz CT molecular complexity index is 929. The van der Waals surface area contributed by atoms with E-state index in [0.717, 1.165) is 0 Å². The number of halogens is 2. The van der Waals surface area contributed by atoms with E-state index in [-0.39, 0.29) is 23.5 Å². The second-order valence-corrected chi connectivity index (χ2v) is 5.61. The molecular formula is C16H10ClFN4O3. The summed E-state index contributed by atoms with van der Waals surface area (Å²) < 4.78 is 14.2. The monoisotopic (exact) mass is 360 g/mol. The molecule has 1 unspecified atom stereocenters. The Hall–Kier alpha value is -3.00. The van der Waals surface area contributed by atoms with Crippen molar-refractivity contribution >= 4 is 28.7 Å². The van der Waals surface area contributed by atoms with Gasteiger partial charge in [0, 0.05) is 21.3 Å². The van der Waals surface area contributed by atoms with Gasteiger partial charge in [-0.25, -0.2) is 9.38 Å². The Balaban J connectivity index is 2.20. The van der Waals surface area contributed by atoms with E-state index in [9.17, 15) is 19.4 Å². The first kappa shape index (κ1) is 16.8. The Morgan fingerprint density at radius 2 is 2.00 bits per heavy atom. The third-order valence-electron chi connectivity index (χ3n) is 3.60. The highest BCUT2D eigenvalue weighted by atomic mass is 35.5. The molecule has 25 heavy (non-hydrogen) atoms. The topological polar surface area (TPSA) is 97.3 Å². The molecule has 0 bridgehead atoms. The number of benzene rings is 2. The number of fused-ring (bicyclic) bond motifs is 1. The maximum atomic E-state index is 14.2. The number of nitroso groups, excluding NO2 is 1. The van der Waals surface area contributed by atoms with Crippen molar-refractivity contribution < 1.29 is 9.31 Å². The normalized spacial score (nSPS) is 14.6. The summed E-state index contributed by atoms with van der Waals surface area (Å²) in [4.78, 5) is 29.4. The Morgan fingerprint density at radius 3 is 2.68 bits per heavy atom. The molecule has 0 fully saturated rings. The van der Waals surface area contributed by atoms with Gasteiger partial charge in [0.1, 0.15) is 11.5 Å². The predicted molar refractivity (Wildman–Crippen MR) is 92.0 cm³/mol. The standard InChI is InChI=1S/C16H10ClFN4O3/c17-9-5-6-13-11(7-9)15(10-3-1-2-4-12(10)18)19-8-14(20-13)16(21-23)22(24)25/h1-7,16H,8H2. The van der Waals surface area contributed by atoms with Crippen LogP contribution in [0.3, 0.4) is 0 Å². The molecule has 0 saturated heterocycles. The third-order valence-corrected chi connectivity index (χ3v) is 3.84. The largest absolute Gasteiger partial charge is 0.379 e. The molecule has 0 aromatic heterocycles. The average molecular weight is 361 g/mol. The Morgan fingerprint density at radius 1 is 1.24 bits per heavy atom. The second-order valence-electron chi connectivity index (χ2n) is 5.17. The van der Waals surface area contributed by atoms with Crippen molar-refractivity contribution in [3.63, 3.8) is 0 Å². The van der Waals surface area contributed by atoms with Gasteiger partial charge in [-0.05, 0) is 30.3 Å². The lowest BCUT2D eigenvalue weighted by atomic mass is 10.0. The summed E-state index contributed by atoms with van der Waals surface area (Å²) in [5, 5.41) is 13.9. The van der Waals surface area contributed by atoms with Crippen molar-refractivity contribution in [3.8, 4) is 0 Å². The molecule has 1 aliphatic rings. The maximum Gasteiger partial charge on any atom is 0.379 e. The van der Waals surface area contributed by atoms with Gasteiger partial charge in [-0.15, -0.1) is 4.91 Å². The van der Waals surface area contributed by atoms with Crippen LogP contribution in [0.1, 0.15) is 11.1 Å². The van der Waals surface area contributed by atoms with Crippen LogP contribution in [-0.4, -0.2) is 29.1 Å². The van der Waals surface area contributed by atoms with Gasteiger partial charge in [-0.2, -0.15) is 0 Å². The van der Waals surface area contributed by atoms with Crippen LogP contribution in [-0.2, 0) is 0 Å². The van der Waals surface area contributed by atoms with E-state index in [1.807, 2.05) is 0 Å². The zero-order chi connectivity index (χ0) is 18.0. The van der Waals surface area contributed by atoms with Crippen molar-refractivity contribution in [2.45, 2.75) is 6.17 Å². The highest BCUT2D eigenvalue weighted by Gasteiger charge is 2.30. The Labute approximate surface area is 146 Å². The number of nitro groups is 1. The van der Waals surface area contributed by atoms with Crippen LogP contribution >= 0.6 is 11.6 Å².